The van der Waals surface area contributed by atoms with E-state index in [2.05, 4.69) is 54.5 Å². The maximum atomic E-state index is 13.1. The number of aryl methyl sites for hydroxylation is 2. The third-order valence-electron chi connectivity index (χ3n) is 7.04. The number of nitrogens with one attached hydrogen (secondary N) is 2. The van der Waals surface area contributed by atoms with E-state index in [0.717, 1.165) is 51.9 Å². The first-order chi connectivity index (χ1) is 19.3. The van der Waals surface area contributed by atoms with Gasteiger partial charge < -0.3 is 15.0 Å². The van der Waals surface area contributed by atoms with Crippen molar-refractivity contribution >= 4 is 56.4 Å². The van der Waals surface area contributed by atoms with Gasteiger partial charge in [0.1, 0.15) is 16.8 Å². The highest BCUT2D eigenvalue weighted by atomic mass is 32.1. The summed E-state index contributed by atoms with van der Waals surface area (Å²) in [6.45, 7) is 10.2. The number of rotatable bonds is 7. The van der Waals surface area contributed by atoms with Crippen molar-refractivity contribution in [2.75, 3.05) is 30.4 Å². The SMILES string of the molecule is CCN(CC)c1ccc(-n2nc3cc(C)c(NC(=S)NC(=O)c4cc5ccccc5cc4OC)cc3n2)c(C)c1. The number of hydrogen-bond acceptors (Lipinski definition) is 6. The Morgan fingerprint density at radius 3 is 2.25 bits per heavy atom. The fourth-order valence-corrected chi connectivity index (χ4v) is 5.05. The van der Waals surface area contributed by atoms with E-state index in [9.17, 15) is 4.79 Å². The zero-order chi connectivity index (χ0) is 28.4. The molecule has 2 N–H and O–H groups in total. The molecule has 4 aromatic carbocycles. The number of amides is 1. The van der Waals surface area contributed by atoms with E-state index >= 15 is 0 Å². The zero-order valence-electron chi connectivity index (χ0n) is 23.3. The molecule has 0 fully saturated rings. The van der Waals surface area contributed by atoms with Gasteiger partial charge in [0.25, 0.3) is 5.91 Å². The third-order valence-corrected chi connectivity index (χ3v) is 7.24. The number of fused-ring (bicyclic) bond motifs is 2. The van der Waals surface area contributed by atoms with Gasteiger partial charge in [0, 0.05) is 24.5 Å². The van der Waals surface area contributed by atoms with Gasteiger partial charge in [-0.3, -0.25) is 10.1 Å². The number of carbonyl (C=O) groups is 1. The van der Waals surface area contributed by atoms with Crippen LogP contribution in [0.15, 0.2) is 66.7 Å². The Morgan fingerprint density at radius 2 is 1.60 bits per heavy atom. The molecule has 0 aliphatic carbocycles. The highest BCUT2D eigenvalue weighted by Gasteiger charge is 2.17. The Kier molecular flexibility index (Phi) is 7.66. The van der Waals surface area contributed by atoms with Crippen LogP contribution in [0.1, 0.15) is 35.3 Å². The molecule has 40 heavy (non-hydrogen) atoms. The minimum Gasteiger partial charge on any atom is -0.496 e. The quantitative estimate of drug-likeness (QED) is 0.234. The smallest absolute Gasteiger partial charge is 0.261 e. The van der Waals surface area contributed by atoms with Crippen LogP contribution >= 0.6 is 12.2 Å². The summed E-state index contributed by atoms with van der Waals surface area (Å²) < 4.78 is 5.47. The number of aromatic nitrogens is 3. The van der Waals surface area contributed by atoms with Crippen LogP contribution < -0.4 is 20.3 Å². The van der Waals surface area contributed by atoms with Crippen LogP contribution in [-0.2, 0) is 0 Å². The standard InChI is InChI=1S/C31H32N6O2S/c1-6-36(7-2)23-12-13-28(20(4)14-23)37-34-26-15-19(3)25(18-27(26)35-37)32-31(40)33-30(38)24-16-21-10-8-9-11-22(21)17-29(24)39-5/h8-18H,6-7H2,1-5H3,(H2,32,33,38,40). The van der Waals surface area contributed by atoms with Crippen molar-refractivity contribution in [2.24, 2.45) is 0 Å². The van der Waals surface area contributed by atoms with Gasteiger partial charge in [0.05, 0.1) is 18.4 Å². The largest absolute Gasteiger partial charge is 0.496 e. The van der Waals surface area contributed by atoms with Gasteiger partial charge in [-0.05, 0) is 104 Å². The van der Waals surface area contributed by atoms with Crippen LogP contribution in [0, 0.1) is 13.8 Å². The second-order valence-corrected chi connectivity index (χ2v) is 10.0. The lowest BCUT2D eigenvalue weighted by molar-refractivity contribution is 0.0975. The van der Waals surface area contributed by atoms with Crippen molar-refractivity contribution in [1.29, 1.82) is 0 Å². The zero-order valence-corrected chi connectivity index (χ0v) is 24.1. The molecule has 5 rings (SSSR count). The Balaban J connectivity index is 1.36. The molecule has 1 aromatic heterocycles. The van der Waals surface area contributed by atoms with E-state index in [0.29, 0.717) is 16.8 Å². The number of thiocarbonyl (C=S) groups is 1. The fraction of sp³-hybridized carbons (Fsp3) is 0.226. The summed E-state index contributed by atoms with van der Waals surface area (Å²) in [6, 6.07) is 21.6. The molecule has 0 bridgehead atoms. The number of carbonyl (C=O) groups excluding carboxylic acids is 1. The Labute approximate surface area is 238 Å². The molecule has 0 saturated carbocycles. The van der Waals surface area contributed by atoms with E-state index in [1.165, 1.54) is 5.69 Å². The van der Waals surface area contributed by atoms with Crippen molar-refractivity contribution in [2.45, 2.75) is 27.7 Å². The lowest BCUT2D eigenvalue weighted by Gasteiger charge is -2.22. The number of nitrogens with zero attached hydrogens (tertiary/aromatic N) is 4. The van der Waals surface area contributed by atoms with Gasteiger partial charge in [-0.25, -0.2) is 0 Å². The van der Waals surface area contributed by atoms with Gasteiger partial charge >= 0.3 is 0 Å². The summed E-state index contributed by atoms with van der Waals surface area (Å²) in [5.74, 6) is 0.127. The second kappa shape index (κ2) is 11.3. The maximum Gasteiger partial charge on any atom is 0.261 e. The van der Waals surface area contributed by atoms with Crippen molar-refractivity contribution in [3.05, 3.63) is 83.4 Å². The summed E-state index contributed by atoms with van der Waals surface area (Å²) in [5, 5.41) is 17.5. The van der Waals surface area contributed by atoms with Crippen molar-refractivity contribution in [3.8, 4) is 11.4 Å². The molecule has 0 aliphatic heterocycles. The molecule has 9 heteroatoms. The lowest BCUT2D eigenvalue weighted by atomic mass is 10.1. The van der Waals surface area contributed by atoms with Crippen molar-refractivity contribution < 1.29 is 9.53 Å². The van der Waals surface area contributed by atoms with Crippen LogP contribution in [0.2, 0.25) is 0 Å². The van der Waals surface area contributed by atoms with Gasteiger partial charge in [-0.15, -0.1) is 10.2 Å². The summed E-state index contributed by atoms with van der Waals surface area (Å²) in [5.41, 5.74) is 6.75. The molecule has 0 atom stereocenters. The van der Waals surface area contributed by atoms with Gasteiger partial charge in [0.15, 0.2) is 5.11 Å². The second-order valence-electron chi connectivity index (χ2n) is 9.60. The average Bonchev–Trinajstić information content (AvgIpc) is 3.35. The molecule has 204 valence electrons. The summed E-state index contributed by atoms with van der Waals surface area (Å²) in [6.07, 6.45) is 0. The molecule has 1 amide bonds. The lowest BCUT2D eigenvalue weighted by Crippen LogP contribution is -2.34. The maximum absolute atomic E-state index is 13.1. The van der Waals surface area contributed by atoms with Gasteiger partial charge in [-0.2, -0.15) is 4.80 Å². The highest BCUT2D eigenvalue weighted by molar-refractivity contribution is 7.80. The fourth-order valence-electron chi connectivity index (χ4n) is 4.85. The van der Waals surface area contributed by atoms with Crippen LogP contribution in [0.3, 0.4) is 0 Å². The summed E-state index contributed by atoms with van der Waals surface area (Å²) >= 11 is 5.49. The number of ether oxygens (including phenoxy) is 1. The molecule has 0 saturated heterocycles. The Hall–Kier alpha value is -4.50. The molecule has 0 unspecified atom stereocenters. The van der Waals surface area contributed by atoms with Crippen LogP contribution in [0.4, 0.5) is 11.4 Å². The van der Waals surface area contributed by atoms with Gasteiger partial charge in [0.2, 0.25) is 0 Å². The van der Waals surface area contributed by atoms with Crippen LogP contribution in [0.5, 0.6) is 5.75 Å². The summed E-state index contributed by atoms with van der Waals surface area (Å²) in [4.78, 5) is 17.1. The molecular weight excluding hydrogens is 520 g/mol. The molecule has 0 radical (unpaired) electrons. The minimum absolute atomic E-state index is 0.179. The first kappa shape index (κ1) is 27.1. The van der Waals surface area contributed by atoms with Crippen LogP contribution in [0.25, 0.3) is 27.5 Å². The number of benzene rings is 4. The number of hydrogen-bond donors (Lipinski definition) is 2. The normalized spacial score (nSPS) is 11.0. The number of methoxy groups -OCH3 is 1. The molecule has 0 aliphatic rings. The first-order valence-corrected chi connectivity index (χ1v) is 13.6. The first-order valence-electron chi connectivity index (χ1n) is 13.2. The third kappa shape index (κ3) is 5.33. The molecule has 5 aromatic rings. The molecular formula is C31H32N6O2S. The number of anilines is 2. The van der Waals surface area contributed by atoms with E-state index < -0.39 is 0 Å². The van der Waals surface area contributed by atoms with Gasteiger partial charge in [-0.1, -0.05) is 24.3 Å². The minimum atomic E-state index is -0.353. The van der Waals surface area contributed by atoms with E-state index in [4.69, 9.17) is 27.2 Å². The Bertz CT molecular complexity index is 1740. The van der Waals surface area contributed by atoms with E-state index in [1.807, 2.05) is 49.4 Å². The predicted molar refractivity (Wildman–Crippen MR) is 166 cm³/mol. The van der Waals surface area contributed by atoms with E-state index in [1.54, 1.807) is 18.0 Å². The highest BCUT2D eigenvalue weighted by Crippen LogP contribution is 2.27. The Morgan fingerprint density at radius 1 is 0.925 bits per heavy atom. The molecule has 0 spiro atoms. The molecule has 8 nitrogen and oxygen atoms in total. The van der Waals surface area contributed by atoms with Crippen molar-refractivity contribution in [3.63, 3.8) is 0 Å². The van der Waals surface area contributed by atoms with Crippen molar-refractivity contribution in [1.82, 2.24) is 20.3 Å². The average molecular weight is 553 g/mol. The van der Waals surface area contributed by atoms with E-state index in [-0.39, 0.29) is 11.0 Å². The predicted octanol–water partition coefficient (Wildman–Crippen LogP) is 6.17. The monoisotopic (exact) mass is 552 g/mol. The summed E-state index contributed by atoms with van der Waals surface area (Å²) in [7, 11) is 1.55. The van der Waals surface area contributed by atoms with Crippen LogP contribution in [-0.4, -0.2) is 46.2 Å². The topological polar surface area (TPSA) is 84.3 Å². The molecule has 1 heterocycles.